The van der Waals surface area contributed by atoms with Gasteiger partial charge in [0.25, 0.3) is 0 Å². The summed E-state index contributed by atoms with van der Waals surface area (Å²) in [5.74, 6) is -0.713. The molecule has 2 amide bonds. The molecule has 2 aromatic rings. The van der Waals surface area contributed by atoms with Gasteiger partial charge in [-0.3, -0.25) is 13.9 Å². The van der Waals surface area contributed by atoms with Gasteiger partial charge in [0.05, 0.1) is 11.9 Å². The van der Waals surface area contributed by atoms with Crippen LogP contribution in [0.5, 0.6) is 0 Å². The zero-order valence-corrected chi connectivity index (χ0v) is 22.3. The average molecular weight is 520 g/mol. The van der Waals surface area contributed by atoms with Crippen molar-refractivity contribution in [1.82, 2.24) is 10.2 Å². The lowest BCUT2D eigenvalue weighted by Crippen LogP contribution is -2.52. The number of sulfonamides is 1. The van der Waals surface area contributed by atoms with Crippen molar-refractivity contribution in [3.63, 3.8) is 0 Å². The molecular formula is C26H34ClN3O4S. The molecule has 0 spiro atoms. The second-order valence-corrected chi connectivity index (χ2v) is 11.6. The number of nitrogens with zero attached hydrogens (tertiary/aromatic N) is 2. The van der Waals surface area contributed by atoms with Crippen molar-refractivity contribution in [2.75, 3.05) is 17.1 Å². The van der Waals surface area contributed by atoms with Crippen molar-refractivity contribution < 1.29 is 18.0 Å². The number of aryl methyl sites for hydroxylation is 1. The molecule has 1 saturated carbocycles. The maximum absolute atomic E-state index is 13.6. The third kappa shape index (κ3) is 6.98. The molecule has 0 heterocycles. The van der Waals surface area contributed by atoms with Gasteiger partial charge in [-0.05, 0) is 68.5 Å². The van der Waals surface area contributed by atoms with E-state index < -0.39 is 28.5 Å². The second kappa shape index (κ2) is 11.4. The highest BCUT2D eigenvalue weighted by atomic mass is 35.5. The first-order valence-corrected chi connectivity index (χ1v) is 14.1. The summed E-state index contributed by atoms with van der Waals surface area (Å²) in [7, 11) is -3.77. The van der Waals surface area contributed by atoms with E-state index in [1.165, 1.54) is 4.90 Å². The van der Waals surface area contributed by atoms with Crippen molar-refractivity contribution in [2.45, 2.75) is 65.1 Å². The van der Waals surface area contributed by atoms with Gasteiger partial charge in [0.15, 0.2) is 0 Å². The minimum Gasteiger partial charge on any atom is -0.352 e. The summed E-state index contributed by atoms with van der Waals surface area (Å²) >= 11 is 6.15. The molecule has 3 rings (SSSR count). The van der Waals surface area contributed by atoms with Gasteiger partial charge < -0.3 is 10.2 Å². The molecule has 1 N–H and O–H groups in total. The van der Waals surface area contributed by atoms with E-state index in [0.29, 0.717) is 10.7 Å². The normalized spacial score (nSPS) is 15.0. The summed E-state index contributed by atoms with van der Waals surface area (Å²) in [6.45, 7) is 5.11. The van der Waals surface area contributed by atoms with Crippen LogP contribution in [-0.2, 0) is 26.2 Å². The summed E-state index contributed by atoms with van der Waals surface area (Å²) in [6.07, 6.45) is 5.08. The van der Waals surface area contributed by atoms with Crippen LogP contribution in [-0.4, -0.2) is 50.0 Å². The number of carbonyl (C=O) groups is 2. The number of rotatable bonds is 9. The Hall–Kier alpha value is -2.58. The van der Waals surface area contributed by atoms with Crippen molar-refractivity contribution in [2.24, 2.45) is 0 Å². The topological polar surface area (TPSA) is 86.8 Å². The van der Waals surface area contributed by atoms with Crippen LogP contribution in [0.1, 0.15) is 49.3 Å². The van der Waals surface area contributed by atoms with Crippen molar-refractivity contribution in [3.05, 3.63) is 64.2 Å². The summed E-state index contributed by atoms with van der Waals surface area (Å²) in [4.78, 5) is 28.2. The first-order valence-electron chi connectivity index (χ1n) is 11.9. The molecule has 0 aromatic heterocycles. The minimum atomic E-state index is -3.77. The zero-order valence-electron chi connectivity index (χ0n) is 20.8. The van der Waals surface area contributed by atoms with Gasteiger partial charge >= 0.3 is 0 Å². The van der Waals surface area contributed by atoms with E-state index >= 15 is 0 Å². The van der Waals surface area contributed by atoms with Crippen molar-refractivity contribution >= 4 is 39.1 Å². The Morgan fingerprint density at radius 2 is 1.77 bits per heavy atom. The molecule has 0 aliphatic heterocycles. The van der Waals surface area contributed by atoms with Crippen molar-refractivity contribution in [3.8, 4) is 0 Å². The molecule has 1 aliphatic rings. The van der Waals surface area contributed by atoms with Crippen LogP contribution in [0.15, 0.2) is 42.5 Å². The molecule has 7 nitrogen and oxygen atoms in total. The number of halogens is 1. The predicted octanol–water partition coefficient (Wildman–Crippen LogP) is 4.20. The number of carbonyl (C=O) groups excluding carboxylic acids is 2. The fraction of sp³-hybridized carbons (Fsp3) is 0.462. The van der Waals surface area contributed by atoms with Crippen LogP contribution >= 0.6 is 11.6 Å². The number of benzene rings is 2. The Kier molecular flexibility index (Phi) is 8.83. The molecule has 1 aliphatic carbocycles. The average Bonchev–Trinajstić information content (AvgIpc) is 3.29. The second-order valence-electron chi connectivity index (χ2n) is 9.31. The van der Waals surface area contributed by atoms with E-state index in [1.54, 1.807) is 37.3 Å². The highest BCUT2D eigenvalue weighted by Gasteiger charge is 2.31. The molecule has 0 bridgehead atoms. The molecular weight excluding hydrogens is 486 g/mol. The lowest BCUT2D eigenvalue weighted by atomic mass is 10.1. The van der Waals surface area contributed by atoms with E-state index in [0.717, 1.165) is 52.9 Å². The maximum atomic E-state index is 13.6. The zero-order chi connectivity index (χ0) is 25.8. The van der Waals surface area contributed by atoms with Gasteiger partial charge in [0.2, 0.25) is 21.8 Å². The van der Waals surface area contributed by atoms with E-state index in [4.69, 9.17) is 11.6 Å². The predicted molar refractivity (Wildman–Crippen MR) is 140 cm³/mol. The van der Waals surface area contributed by atoms with Gasteiger partial charge in [-0.1, -0.05) is 48.7 Å². The van der Waals surface area contributed by atoms with Gasteiger partial charge in [-0.15, -0.1) is 0 Å². The maximum Gasteiger partial charge on any atom is 0.244 e. The highest BCUT2D eigenvalue weighted by Crippen LogP contribution is 2.26. The first kappa shape index (κ1) is 27.0. The van der Waals surface area contributed by atoms with E-state index in [-0.39, 0.29) is 18.5 Å². The summed E-state index contributed by atoms with van der Waals surface area (Å²) in [5.41, 5.74) is 2.90. The molecule has 1 fully saturated rings. The Bertz CT molecular complexity index is 1180. The molecule has 0 radical (unpaired) electrons. The minimum absolute atomic E-state index is 0.107. The largest absolute Gasteiger partial charge is 0.352 e. The van der Waals surface area contributed by atoms with E-state index in [9.17, 15) is 18.0 Å². The number of hydrogen-bond donors (Lipinski definition) is 1. The Morgan fingerprint density at radius 3 is 2.40 bits per heavy atom. The van der Waals surface area contributed by atoms with Crippen LogP contribution in [0.2, 0.25) is 5.02 Å². The first-order chi connectivity index (χ1) is 16.5. The summed E-state index contributed by atoms with van der Waals surface area (Å²) < 4.78 is 26.6. The Balaban J connectivity index is 1.91. The van der Waals surface area contributed by atoms with E-state index in [1.807, 2.05) is 26.0 Å². The number of nitrogens with one attached hydrogen (secondary N) is 1. The van der Waals surface area contributed by atoms with Crippen LogP contribution in [0.3, 0.4) is 0 Å². The standard InChI is InChI=1S/C26H34ClN3O4S/c1-18-9-7-14-24(19(18)2)30(35(4,33)34)17-25(31)29(16-21-10-8-11-22(27)15-21)20(3)26(32)28-23-12-5-6-13-23/h7-11,14-15,20,23H,5-6,12-13,16-17H2,1-4H3,(H,28,32)/t20-/m1/s1. The Labute approximate surface area is 213 Å². The third-order valence-electron chi connectivity index (χ3n) is 6.63. The fourth-order valence-corrected chi connectivity index (χ4v) is 5.52. The van der Waals surface area contributed by atoms with Crippen LogP contribution < -0.4 is 9.62 Å². The quantitative estimate of drug-likeness (QED) is 0.538. The summed E-state index contributed by atoms with van der Waals surface area (Å²) in [6, 6.07) is 11.7. The SMILES string of the molecule is Cc1cccc(N(CC(=O)N(Cc2cccc(Cl)c2)[C@H](C)C(=O)NC2CCCC2)S(C)(=O)=O)c1C. The highest BCUT2D eigenvalue weighted by molar-refractivity contribution is 7.92. The monoisotopic (exact) mass is 519 g/mol. The van der Waals surface area contributed by atoms with Gasteiger partial charge in [-0.2, -0.15) is 0 Å². The smallest absolute Gasteiger partial charge is 0.244 e. The molecule has 0 saturated heterocycles. The van der Waals surface area contributed by atoms with Crippen molar-refractivity contribution in [1.29, 1.82) is 0 Å². The summed E-state index contributed by atoms with van der Waals surface area (Å²) in [5, 5.41) is 3.57. The number of anilines is 1. The number of hydrogen-bond acceptors (Lipinski definition) is 4. The molecule has 190 valence electrons. The van der Waals surface area contributed by atoms with Gasteiger partial charge in [0, 0.05) is 17.6 Å². The van der Waals surface area contributed by atoms with Gasteiger partial charge in [0.1, 0.15) is 12.6 Å². The lowest BCUT2D eigenvalue weighted by Gasteiger charge is -2.32. The van der Waals surface area contributed by atoms with Crippen LogP contribution in [0.25, 0.3) is 0 Å². The third-order valence-corrected chi connectivity index (χ3v) is 8.00. The lowest BCUT2D eigenvalue weighted by molar-refractivity contribution is -0.139. The molecule has 9 heteroatoms. The fourth-order valence-electron chi connectivity index (χ4n) is 4.41. The number of amides is 2. The van der Waals surface area contributed by atoms with E-state index in [2.05, 4.69) is 5.32 Å². The Morgan fingerprint density at radius 1 is 1.11 bits per heavy atom. The molecule has 35 heavy (non-hydrogen) atoms. The molecule has 1 atom stereocenters. The molecule has 0 unspecified atom stereocenters. The van der Waals surface area contributed by atoms with Crippen LogP contribution in [0, 0.1) is 13.8 Å². The molecule has 2 aromatic carbocycles. The van der Waals surface area contributed by atoms with Gasteiger partial charge in [-0.25, -0.2) is 8.42 Å². The van der Waals surface area contributed by atoms with Crippen LogP contribution in [0.4, 0.5) is 5.69 Å².